The number of benzene rings is 2. The van der Waals surface area contributed by atoms with Crippen LogP contribution in [0.15, 0.2) is 60.7 Å². The maximum absolute atomic E-state index is 6.50. The minimum absolute atomic E-state index is 0.372. The van der Waals surface area contributed by atoms with Crippen LogP contribution in [0.4, 0.5) is 0 Å². The van der Waals surface area contributed by atoms with E-state index in [4.69, 9.17) is 9.16 Å². The third kappa shape index (κ3) is 3.26. The first-order chi connectivity index (χ1) is 10.3. The van der Waals surface area contributed by atoms with Crippen molar-refractivity contribution < 1.29 is 9.16 Å². The van der Waals surface area contributed by atoms with E-state index in [0.717, 1.165) is 13.0 Å². The fraction of sp³-hybridized carbons (Fsp3) is 0.333. The molecule has 1 unspecified atom stereocenters. The first-order valence-corrected chi connectivity index (χ1v) is 9.05. The molecule has 0 N–H and O–H groups in total. The molecule has 2 aromatic rings. The Morgan fingerprint density at radius 1 is 1.00 bits per heavy atom. The fourth-order valence-corrected chi connectivity index (χ4v) is 4.45. The van der Waals surface area contributed by atoms with Gasteiger partial charge in [-0.25, -0.2) is 0 Å². The molecule has 0 aliphatic carbocycles. The van der Waals surface area contributed by atoms with E-state index >= 15 is 0 Å². The summed E-state index contributed by atoms with van der Waals surface area (Å²) in [6.07, 6.45) is 2.33. The molecule has 1 aliphatic heterocycles. The van der Waals surface area contributed by atoms with Gasteiger partial charge in [0.2, 0.25) is 0 Å². The molecule has 1 saturated heterocycles. The Bertz CT molecular complexity index is 510. The van der Waals surface area contributed by atoms with Crippen molar-refractivity contribution in [2.24, 2.45) is 0 Å². The molecule has 110 valence electrons. The number of hydrogen-bond acceptors (Lipinski definition) is 2. The van der Waals surface area contributed by atoms with Crippen LogP contribution in [0, 0.1) is 0 Å². The van der Waals surface area contributed by atoms with E-state index in [1.165, 1.54) is 17.5 Å². The summed E-state index contributed by atoms with van der Waals surface area (Å²) >= 11 is 0. The lowest BCUT2D eigenvalue weighted by Gasteiger charge is -2.32. The third-order valence-corrected chi connectivity index (χ3v) is 5.99. The smallest absolute Gasteiger partial charge is 0.192 e. The van der Waals surface area contributed by atoms with Crippen LogP contribution in [-0.4, -0.2) is 22.1 Å². The highest BCUT2D eigenvalue weighted by atomic mass is 28.2. The molecule has 3 heteroatoms. The molecule has 0 bridgehead atoms. The Morgan fingerprint density at radius 2 is 1.57 bits per heavy atom. The molecule has 3 rings (SSSR count). The average Bonchev–Trinajstić information content (AvgIpc) is 3.08. The third-order valence-electron chi connectivity index (χ3n) is 4.23. The molecule has 0 radical (unpaired) electrons. The molecule has 0 aromatic heterocycles. The quantitative estimate of drug-likeness (QED) is 0.789. The maximum Gasteiger partial charge on any atom is 0.192 e. The molecular weight excluding hydrogens is 276 g/mol. The highest BCUT2D eigenvalue weighted by Gasteiger charge is 2.31. The van der Waals surface area contributed by atoms with Gasteiger partial charge in [0.15, 0.2) is 9.76 Å². The van der Waals surface area contributed by atoms with Gasteiger partial charge in [-0.05, 0) is 30.9 Å². The van der Waals surface area contributed by atoms with Gasteiger partial charge in [0.25, 0.3) is 0 Å². The summed E-state index contributed by atoms with van der Waals surface area (Å²) < 4.78 is 12.3. The topological polar surface area (TPSA) is 18.5 Å². The fourth-order valence-electron chi connectivity index (χ4n) is 2.88. The Balaban J connectivity index is 1.87. The van der Waals surface area contributed by atoms with Crippen molar-refractivity contribution in [3.05, 3.63) is 71.8 Å². The zero-order chi connectivity index (χ0) is 14.5. The van der Waals surface area contributed by atoms with Crippen molar-refractivity contribution >= 4 is 9.76 Å². The van der Waals surface area contributed by atoms with Gasteiger partial charge in [0.05, 0.1) is 5.73 Å². The zero-order valence-electron chi connectivity index (χ0n) is 12.5. The van der Waals surface area contributed by atoms with E-state index in [0.29, 0.717) is 5.73 Å². The van der Waals surface area contributed by atoms with Crippen LogP contribution in [0.1, 0.15) is 30.9 Å². The Labute approximate surface area is 129 Å². The predicted molar refractivity (Wildman–Crippen MR) is 87.9 cm³/mol. The summed E-state index contributed by atoms with van der Waals surface area (Å²) in [6, 6.07) is 21.0. The Morgan fingerprint density at radius 3 is 2.05 bits per heavy atom. The van der Waals surface area contributed by atoms with Crippen molar-refractivity contribution in [2.45, 2.75) is 31.1 Å². The van der Waals surface area contributed by atoms with E-state index in [1.807, 2.05) is 12.1 Å². The molecule has 1 fully saturated rings. The number of ether oxygens (including phenoxy) is 1. The molecular formula is C18H22O2Si. The average molecular weight is 298 g/mol. The number of hydrogen-bond donors (Lipinski definition) is 0. The molecule has 2 nitrogen and oxygen atoms in total. The molecule has 0 saturated carbocycles. The highest BCUT2D eigenvalue weighted by molar-refractivity contribution is 6.29. The molecule has 1 atom stereocenters. The second-order valence-corrected chi connectivity index (χ2v) is 7.24. The van der Waals surface area contributed by atoms with Crippen LogP contribution in [0.25, 0.3) is 0 Å². The first kappa shape index (κ1) is 14.5. The minimum Gasteiger partial charge on any atom is -0.408 e. The molecule has 1 aliphatic rings. The second-order valence-electron chi connectivity index (χ2n) is 5.71. The molecule has 2 aromatic carbocycles. The standard InChI is InChI=1S/C18H22O2Si/c1-18(15-9-4-2-5-10-15,16-11-6-3-7-12-16)20-21-17-13-8-14-19-17/h2-7,9-12,17H,8,13-14,21H2,1H3. The predicted octanol–water partition coefficient (Wildman–Crippen LogP) is 3.19. The summed E-state index contributed by atoms with van der Waals surface area (Å²) in [6.45, 7) is 3.08. The first-order valence-electron chi connectivity index (χ1n) is 7.66. The van der Waals surface area contributed by atoms with Gasteiger partial charge in [-0.15, -0.1) is 0 Å². The van der Waals surface area contributed by atoms with E-state index in [2.05, 4.69) is 55.5 Å². The van der Waals surface area contributed by atoms with Crippen LogP contribution >= 0.6 is 0 Å². The summed E-state index contributed by atoms with van der Waals surface area (Å²) in [5.41, 5.74) is 2.42. The van der Waals surface area contributed by atoms with Crippen LogP contribution in [0.2, 0.25) is 0 Å². The van der Waals surface area contributed by atoms with Gasteiger partial charge in [-0.1, -0.05) is 60.7 Å². The van der Waals surface area contributed by atoms with Gasteiger partial charge < -0.3 is 9.16 Å². The minimum atomic E-state index is -0.726. The molecule has 0 spiro atoms. The maximum atomic E-state index is 6.50. The monoisotopic (exact) mass is 298 g/mol. The summed E-state index contributed by atoms with van der Waals surface area (Å²) in [5, 5.41) is 0. The van der Waals surface area contributed by atoms with Crippen LogP contribution < -0.4 is 0 Å². The summed E-state index contributed by atoms with van der Waals surface area (Å²) in [4.78, 5) is 0. The molecule has 21 heavy (non-hydrogen) atoms. The Hall–Kier alpha value is -1.42. The summed E-state index contributed by atoms with van der Waals surface area (Å²) in [7, 11) is -0.726. The Kier molecular flexibility index (Phi) is 4.53. The largest absolute Gasteiger partial charge is 0.408 e. The van der Waals surface area contributed by atoms with Crippen LogP contribution in [-0.2, 0) is 14.8 Å². The van der Waals surface area contributed by atoms with Crippen LogP contribution in [0.5, 0.6) is 0 Å². The van der Waals surface area contributed by atoms with Crippen molar-refractivity contribution in [3.8, 4) is 0 Å². The summed E-state index contributed by atoms with van der Waals surface area (Å²) in [5.74, 6) is 0. The van der Waals surface area contributed by atoms with Crippen LogP contribution in [0.3, 0.4) is 0 Å². The lowest BCUT2D eigenvalue weighted by atomic mass is 9.88. The van der Waals surface area contributed by atoms with Gasteiger partial charge in [-0.3, -0.25) is 0 Å². The highest BCUT2D eigenvalue weighted by Crippen LogP contribution is 2.33. The van der Waals surface area contributed by atoms with Crippen molar-refractivity contribution in [1.29, 1.82) is 0 Å². The normalized spacial score (nSPS) is 19.4. The van der Waals surface area contributed by atoms with Crippen molar-refractivity contribution in [1.82, 2.24) is 0 Å². The van der Waals surface area contributed by atoms with E-state index in [-0.39, 0.29) is 5.60 Å². The molecule has 1 heterocycles. The van der Waals surface area contributed by atoms with Gasteiger partial charge in [0, 0.05) is 6.61 Å². The van der Waals surface area contributed by atoms with E-state index in [1.54, 1.807) is 0 Å². The SMILES string of the molecule is CC(O[SiH2]C1CCCO1)(c1ccccc1)c1ccccc1. The lowest BCUT2D eigenvalue weighted by Crippen LogP contribution is -2.33. The van der Waals surface area contributed by atoms with Gasteiger partial charge >= 0.3 is 0 Å². The zero-order valence-corrected chi connectivity index (χ0v) is 13.9. The van der Waals surface area contributed by atoms with E-state index in [9.17, 15) is 0 Å². The molecule has 0 amide bonds. The van der Waals surface area contributed by atoms with Gasteiger partial charge in [0.1, 0.15) is 5.60 Å². The van der Waals surface area contributed by atoms with Gasteiger partial charge in [-0.2, -0.15) is 0 Å². The van der Waals surface area contributed by atoms with Crippen molar-refractivity contribution in [2.75, 3.05) is 6.61 Å². The van der Waals surface area contributed by atoms with E-state index < -0.39 is 9.76 Å². The van der Waals surface area contributed by atoms with Crippen molar-refractivity contribution in [3.63, 3.8) is 0 Å². The lowest BCUT2D eigenvalue weighted by molar-refractivity contribution is 0.101. The number of rotatable bonds is 5. The second kappa shape index (κ2) is 6.56.